The second-order valence-corrected chi connectivity index (χ2v) is 6.59. The van der Waals surface area contributed by atoms with Crippen LogP contribution in [0.15, 0.2) is 18.2 Å². The smallest absolute Gasteiger partial charge is 0.219 e. The first-order chi connectivity index (χ1) is 11.8. The molecule has 1 aliphatic heterocycles. The highest BCUT2D eigenvalue weighted by atomic mass is 19.1. The second-order valence-electron chi connectivity index (χ2n) is 6.59. The maximum Gasteiger partial charge on any atom is 0.219 e. The van der Waals surface area contributed by atoms with Crippen LogP contribution in [0.25, 0.3) is 0 Å². The molecule has 0 bridgehead atoms. The summed E-state index contributed by atoms with van der Waals surface area (Å²) in [6.45, 7) is 15.5. The summed E-state index contributed by atoms with van der Waals surface area (Å²) in [7, 11) is 5.62. The van der Waals surface area contributed by atoms with E-state index in [1.54, 1.807) is 19.1 Å². The molecule has 4 heteroatoms. The molecule has 0 spiro atoms. The van der Waals surface area contributed by atoms with E-state index in [0.29, 0.717) is 29.9 Å². The quantitative estimate of drug-likeness (QED) is 0.738. The number of benzene rings is 1. The number of rotatable bonds is 3. The molecule has 1 fully saturated rings. The Bertz CT molecular complexity index is 533. The zero-order valence-corrected chi connectivity index (χ0v) is 17.2. The number of hydrogen-bond acceptors (Lipinski definition) is 1. The van der Waals surface area contributed by atoms with Gasteiger partial charge in [-0.2, -0.15) is 0 Å². The normalized spacial score (nSPS) is 19.5. The fourth-order valence-corrected chi connectivity index (χ4v) is 3.33. The topological polar surface area (TPSA) is 20.3 Å². The van der Waals surface area contributed by atoms with Crippen LogP contribution in [0.4, 0.5) is 4.39 Å². The number of carbonyl (C=O) groups is 1. The number of likely N-dealkylation sites (tertiary alicyclic amines) is 1. The summed E-state index contributed by atoms with van der Waals surface area (Å²) in [6, 6.07) is 4.91. The van der Waals surface area contributed by atoms with E-state index in [1.807, 2.05) is 32.6 Å². The Morgan fingerprint density at radius 1 is 1.28 bits per heavy atom. The van der Waals surface area contributed by atoms with Gasteiger partial charge in [0, 0.05) is 20.0 Å². The van der Waals surface area contributed by atoms with Crippen LogP contribution < -0.4 is 5.46 Å². The Hall–Kier alpha value is -1.32. The SMILES string of the molecule is CC.CC.[B]c1ccc(CC2(C(C)C)CCCN(C(C)=O)C2)c(F)c1. The third-order valence-electron chi connectivity index (χ3n) is 4.90. The van der Waals surface area contributed by atoms with Crippen molar-refractivity contribution in [3.05, 3.63) is 29.6 Å². The van der Waals surface area contributed by atoms with Gasteiger partial charge < -0.3 is 4.90 Å². The van der Waals surface area contributed by atoms with Gasteiger partial charge in [-0.15, -0.1) is 0 Å². The van der Waals surface area contributed by atoms with Crippen LogP contribution in [0.1, 0.15) is 66.9 Å². The van der Waals surface area contributed by atoms with E-state index < -0.39 is 0 Å². The Morgan fingerprint density at radius 3 is 2.36 bits per heavy atom. The Labute approximate surface area is 155 Å². The average Bonchev–Trinajstić information content (AvgIpc) is 2.61. The summed E-state index contributed by atoms with van der Waals surface area (Å²) in [5.74, 6) is 0.254. The van der Waals surface area contributed by atoms with Crippen molar-refractivity contribution in [3.8, 4) is 0 Å². The molecule has 1 unspecified atom stereocenters. The van der Waals surface area contributed by atoms with Crippen molar-refractivity contribution >= 4 is 19.2 Å². The van der Waals surface area contributed by atoms with Crippen LogP contribution in [0, 0.1) is 17.2 Å². The number of halogens is 1. The molecule has 1 heterocycles. The monoisotopic (exact) mass is 347 g/mol. The number of nitrogens with zero attached hydrogens (tertiary/aromatic N) is 1. The van der Waals surface area contributed by atoms with Gasteiger partial charge >= 0.3 is 0 Å². The van der Waals surface area contributed by atoms with Crippen molar-refractivity contribution in [2.45, 2.75) is 67.7 Å². The summed E-state index contributed by atoms with van der Waals surface area (Å²) in [6.07, 6.45) is 2.66. The summed E-state index contributed by atoms with van der Waals surface area (Å²) in [5, 5.41) is 0. The largest absolute Gasteiger partial charge is 0.342 e. The molecule has 1 aromatic carbocycles. The fraction of sp³-hybridized carbons (Fsp3) is 0.667. The first-order valence-electron chi connectivity index (χ1n) is 9.63. The maximum atomic E-state index is 14.1. The molecule has 0 aliphatic carbocycles. The van der Waals surface area contributed by atoms with Crippen LogP contribution >= 0.6 is 0 Å². The van der Waals surface area contributed by atoms with Gasteiger partial charge in [-0.25, -0.2) is 4.39 Å². The van der Waals surface area contributed by atoms with Gasteiger partial charge in [0.1, 0.15) is 13.7 Å². The van der Waals surface area contributed by atoms with Crippen LogP contribution in [0.5, 0.6) is 0 Å². The molecule has 2 radical (unpaired) electrons. The Kier molecular flexibility index (Phi) is 10.7. The van der Waals surface area contributed by atoms with Crippen LogP contribution in [-0.2, 0) is 11.2 Å². The fourth-order valence-electron chi connectivity index (χ4n) is 3.33. The standard InChI is InChI=1S/C17H23BFNO.2C2H6/c1-12(2)17(7-4-8-20(11-17)13(3)21)10-14-5-6-15(18)9-16(14)19;2*1-2/h5-6,9,12H,4,7-8,10-11H2,1-3H3;2*1-2H3. The van der Waals surface area contributed by atoms with Crippen LogP contribution in [0.2, 0.25) is 0 Å². The highest BCUT2D eigenvalue weighted by Crippen LogP contribution is 2.40. The average molecular weight is 347 g/mol. The third-order valence-corrected chi connectivity index (χ3v) is 4.90. The Morgan fingerprint density at radius 2 is 1.88 bits per heavy atom. The number of carbonyl (C=O) groups excluding carboxylic acids is 1. The molecular formula is C21H35BFNO. The lowest BCUT2D eigenvalue weighted by atomic mass is 9.67. The molecule has 25 heavy (non-hydrogen) atoms. The number of amides is 1. The predicted molar refractivity (Wildman–Crippen MR) is 107 cm³/mol. The van der Waals surface area contributed by atoms with Crippen molar-refractivity contribution < 1.29 is 9.18 Å². The first kappa shape index (κ1) is 23.7. The van der Waals surface area contributed by atoms with Crippen molar-refractivity contribution in [1.82, 2.24) is 4.90 Å². The predicted octanol–water partition coefficient (Wildman–Crippen LogP) is 4.50. The lowest BCUT2D eigenvalue weighted by molar-refractivity contribution is -0.133. The molecule has 1 atom stereocenters. The summed E-state index contributed by atoms with van der Waals surface area (Å²) in [4.78, 5) is 13.6. The molecule has 1 aliphatic rings. The van der Waals surface area contributed by atoms with E-state index in [0.717, 1.165) is 19.4 Å². The highest BCUT2D eigenvalue weighted by molar-refractivity contribution is 6.32. The lowest BCUT2D eigenvalue weighted by Gasteiger charge is -2.46. The molecule has 0 saturated carbocycles. The number of hydrogen-bond donors (Lipinski definition) is 0. The van der Waals surface area contributed by atoms with Gasteiger partial charge in [0.2, 0.25) is 5.91 Å². The second kappa shape index (κ2) is 11.3. The van der Waals surface area contributed by atoms with Crippen LogP contribution in [0.3, 0.4) is 0 Å². The zero-order valence-electron chi connectivity index (χ0n) is 17.2. The van der Waals surface area contributed by atoms with E-state index in [-0.39, 0.29) is 17.1 Å². The molecular weight excluding hydrogens is 312 g/mol. The summed E-state index contributed by atoms with van der Waals surface area (Å²) >= 11 is 0. The molecule has 140 valence electrons. The molecule has 0 aromatic heterocycles. The molecule has 0 N–H and O–H groups in total. The van der Waals surface area contributed by atoms with Gasteiger partial charge in [0.15, 0.2) is 0 Å². The molecule has 1 aromatic rings. The van der Waals surface area contributed by atoms with Gasteiger partial charge in [-0.1, -0.05) is 59.1 Å². The van der Waals surface area contributed by atoms with Gasteiger partial charge in [0.25, 0.3) is 0 Å². The van der Waals surface area contributed by atoms with Crippen molar-refractivity contribution in [1.29, 1.82) is 0 Å². The van der Waals surface area contributed by atoms with Gasteiger partial charge in [0.05, 0.1) is 0 Å². The lowest BCUT2D eigenvalue weighted by Crippen LogP contribution is -2.49. The van der Waals surface area contributed by atoms with E-state index in [2.05, 4.69) is 13.8 Å². The third kappa shape index (κ3) is 6.49. The van der Waals surface area contributed by atoms with E-state index >= 15 is 0 Å². The van der Waals surface area contributed by atoms with E-state index in [9.17, 15) is 9.18 Å². The van der Waals surface area contributed by atoms with Crippen molar-refractivity contribution in [2.75, 3.05) is 13.1 Å². The highest BCUT2D eigenvalue weighted by Gasteiger charge is 2.39. The van der Waals surface area contributed by atoms with E-state index in [1.165, 1.54) is 6.07 Å². The molecule has 2 rings (SSSR count). The minimum Gasteiger partial charge on any atom is -0.342 e. The summed E-state index contributed by atoms with van der Waals surface area (Å²) < 4.78 is 14.1. The van der Waals surface area contributed by atoms with Crippen LogP contribution in [-0.4, -0.2) is 31.7 Å². The minimum atomic E-state index is -0.241. The number of piperidine rings is 1. The van der Waals surface area contributed by atoms with Gasteiger partial charge in [-0.05, 0) is 42.2 Å². The molecule has 2 nitrogen and oxygen atoms in total. The zero-order chi connectivity index (χ0) is 19.6. The van der Waals surface area contributed by atoms with Crippen molar-refractivity contribution in [2.24, 2.45) is 11.3 Å². The minimum absolute atomic E-state index is 0.0547. The summed E-state index contributed by atoms with van der Waals surface area (Å²) in [5.41, 5.74) is 1.09. The molecule has 1 amide bonds. The van der Waals surface area contributed by atoms with Crippen molar-refractivity contribution in [3.63, 3.8) is 0 Å². The first-order valence-corrected chi connectivity index (χ1v) is 9.63. The molecule has 1 saturated heterocycles. The maximum absolute atomic E-state index is 14.1. The van der Waals surface area contributed by atoms with Gasteiger partial charge in [-0.3, -0.25) is 4.79 Å². The van der Waals surface area contributed by atoms with E-state index in [4.69, 9.17) is 7.85 Å². The Balaban J connectivity index is 0.00000134.